The number of hydrogen-bond acceptors (Lipinski definition) is 3. The normalized spacial score (nSPS) is 11.8. The number of aryl methyl sites for hydroxylation is 2. The van der Waals surface area contributed by atoms with Crippen LogP contribution in [0.25, 0.3) is 11.0 Å². The minimum atomic E-state index is -4.74. The topological polar surface area (TPSA) is 68.9 Å². The Hall–Kier alpha value is -3.17. The highest BCUT2D eigenvalue weighted by Crippen LogP contribution is 2.35. The largest absolute Gasteiger partial charge is 0.417 e. The lowest BCUT2D eigenvalue weighted by molar-refractivity contribution is -0.136. The summed E-state index contributed by atoms with van der Waals surface area (Å²) in [6, 6.07) is 5.56. The summed E-state index contributed by atoms with van der Waals surface area (Å²) in [5, 5.41) is 6.10. The van der Waals surface area contributed by atoms with Crippen LogP contribution < -0.4 is 10.9 Å². The molecule has 3 rings (SSSR count). The van der Waals surface area contributed by atoms with Crippen molar-refractivity contribution < 1.29 is 22.4 Å². The Morgan fingerprint density at radius 3 is 2.59 bits per heavy atom. The van der Waals surface area contributed by atoms with Crippen molar-refractivity contribution in [3.8, 4) is 0 Å². The zero-order chi connectivity index (χ0) is 19.9. The minimum absolute atomic E-state index is 0.0825. The van der Waals surface area contributed by atoms with Gasteiger partial charge < -0.3 is 5.32 Å². The molecule has 0 saturated heterocycles. The summed E-state index contributed by atoms with van der Waals surface area (Å²) < 4.78 is 55.1. The number of rotatable bonds is 3. The predicted octanol–water partition coefficient (Wildman–Crippen LogP) is 2.84. The molecular weight excluding hydrogens is 368 g/mol. The quantitative estimate of drug-likeness (QED) is 0.709. The molecule has 1 aromatic carbocycles. The second-order valence-corrected chi connectivity index (χ2v) is 5.95. The number of carbonyl (C=O) groups excluding carboxylic acids is 1. The second kappa shape index (κ2) is 6.53. The van der Waals surface area contributed by atoms with Crippen LogP contribution in [0, 0.1) is 12.7 Å². The van der Waals surface area contributed by atoms with E-state index in [0.29, 0.717) is 6.07 Å². The van der Waals surface area contributed by atoms with Gasteiger partial charge >= 0.3 is 6.18 Å². The van der Waals surface area contributed by atoms with Crippen molar-refractivity contribution in [1.29, 1.82) is 0 Å². The summed E-state index contributed by atoms with van der Waals surface area (Å²) in [7, 11) is 1.38. The molecule has 0 atom stereocenters. The zero-order valence-corrected chi connectivity index (χ0v) is 14.3. The molecule has 0 aliphatic rings. The van der Waals surface area contributed by atoms with E-state index in [-0.39, 0.29) is 22.4 Å². The Labute approximate surface area is 150 Å². The molecule has 0 aliphatic heterocycles. The van der Waals surface area contributed by atoms with Crippen LogP contribution in [-0.2, 0) is 24.6 Å². The van der Waals surface area contributed by atoms with Crippen molar-refractivity contribution in [2.45, 2.75) is 19.6 Å². The number of amides is 1. The summed E-state index contributed by atoms with van der Waals surface area (Å²) in [4.78, 5) is 24.5. The molecule has 142 valence electrons. The van der Waals surface area contributed by atoms with E-state index >= 15 is 0 Å². The fourth-order valence-electron chi connectivity index (χ4n) is 2.94. The highest BCUT2D eigenvalue weighted by atomic mass is 19.4. The van der Waals surface area contributed by atoms with Gasteiger partial charge in [0.1, 0.15) is 18.0 Å². The SMILES string of the molecule is Cc1nn(C)c2c1c(C(F)(F)F)cc(=O)n2CC(=O)Nc1cccc(F)c1. The second-order valence-electron chi connectivity index (χ2n) is 5.95. The maximum Gasteiger partial charge on any atom is 0.417 e. The molecule has 1 N–H and O–H groups in total. The first kappa shape index (κ1) is 18.6. The van der Waals surface area contributed by atoms with Crippen molar-refractivity contribution in [2.24, 2.45) is 7.05 Å². The number of carbonyl (C=O) groups is 1. The number of benzene rings is 1. The summed E-state index contributed by atoms with van der Waals surface area (Å²) >= 11 is 0. The molecule has 2 aromatic heterocycles. The van der Waals surface area contributed by atoms with E-state index in [1.54, 1.807) is 0 Å². The zero-order valence-electron chi connectivity index (χ0n) is 14.3. The average Bonchev–Trinajstić information content (AvgIpc) is 2.83. The molecule has 0 spiro atoms. The van der Waals surface area contributed by atoms with E-state index < -0.39 is 35.6 Å². The predicted molar refractivity (Wildman–Crippen MR) is 89.7 cm³/mol. The van der Waals surface area contributed by atoms with Gasteiger partial charge in [-0.15, -0.1) is 0 Å². The minimum Gasteiger partial charge on any atom is -0.324 e. The average molecular weight is 382 g/mol. The Balaban J connectivity index is 2.06. The van der Waals surface area contributed by atoms with Crippen LogP contribution in [0.1, 0.15) is 11.3 Å². The van der Waals surface area contributed by atoms with E-state index in [9.17, 15) is 27.2 Å². The number of halogens is 4. The maximum absolute atomic E-state index is 13.3. The van der Waals surface area contributed by atoms with Gasteiger partial charge in [0.2, 0.25) is 5.91 Å². The summed E-state index contributed by atoms with van der Waals surface area (Å²) in [6.07, 6.45) is -4.74. The van der Waals surface area contributed by atoms with Crippen LogP contribution in [-0.4, -0.2) is 20.3 Å². The molecule has 1 amide bonds. The van der Waals surface area contributed by atoms with Crippen LogP contribution in [0.4, 0.5) is 23.2 Å². The van der Waals surface area contributed by atoms with E-state index in [1.165, 1.54) is 32.2 Å². The monoisotopic (exact) mass is 382 g/mol. The van der Waals surface area contributed by atoms with Gasteiger partial charge in [-0.05, 0) is 25.1 Å². The first-order valence-corrected chi connectivity index (χ1v) is 7.77. The molecule has 0 radical (unpaired) electrons. The van der Waals surface area contributed by atoms with Gasteiger partial charge in [-0.3, -0.25) is 18.8 Å². The Kier molecular flexibility index (Phi) is 4.50. The lowest BCUT2D eigenvalue weighted by Crippen LogP contribution is -2.30. The van der Waals surface area contributed by atoms with E-state index in [4.69, 9.17) is 0 Å². The number of alkyl halides is 3. The molecule has 27 heavy (non-hydrogen) atoms. The van der Waals surface area contributed by atoms with Gasteiger partial charge in [-0.25, -0.2) is 4.39 Å². The summed E-state index contributed by atoms with van der Waals surface area (Å²) in [6.45, 7) is 0.835. The van der Waals surface area contributed by atoms with Crippen LogP contribution >= 0.6 is 0 Å². The smallest absolute Gasteiger partial charge is 0.324 e. The van der Waals surface area contributed by atoms with Gasteiger partial charge in [0, 0.05) is 18.8 Å². The highest BCUT2D eigenvalue weighted by molar-refractivity contribution is 5.92. The molecule has 0 saturated carbocycles. The van der Waals surface area contributed by atoms with Gasteiger partial charge in [-0.2, -0.15) is 18.3 Å². The lowest BCUT2D eigenvalue weighted by Gasteiger charge is -2.13. The first-order chi connectivity index (χ1) is 12.6. The molecule has 0 fully saturated rings. The third-order valence-electron chi connectivity index (χ3n) is 3.97. The number of pyridine rings is 1. The summed E-state index contributed by atoms with van der Waals surface area (Å²) in [5.41, 5.74) is -1.97. The van der Waals surface area contributed by atoms with Gasteiger partial charge in [0.05, 0.1) is 16.6 Å². The molecule has 10 heteroatoms. The van der Waals surface area contributed by atoms with Crippen molar-refractivity contribution in [1.82, 2.24) is 14.3 Å². The van der Waals surface area contributed by atoms with Gasteiger partial charge in [0.15, 0.2) is 0 Å². The third-order valence-corrected chi connectivity index (χ3v) is 3.97. The molecule has 6 nitrogen and oxygen atoms in total. The lowest BCUT2D eigenvalue weighted by atomic mass is 10.1. The molecular formula is C17H14F4N4O2. The van der Waals surface area contributed by atoms with E-state index in [2.05, 4.69) is 10.4 Å². The number of nitrogens with zero attached hydrogens (tertiary/aromatic N) is 3. The third kappa shape index (κ3) is 3.55. The number of hydrogen-bond donors (Lipinski definition) is 1. The first-order valence-electron chi connectivity index (χ1n) is 7.77. The van der Waals surface area contributed by atoms with E-state index in [1.807, 2.05) is 0 Å². The Morgan fingerprint density at radius 1 is 1.26 bits per heavy atom. The van der Waals surface area contributed by atoms with Crippen LogP contribution in [0.2, 0.25) is 0 Å². The number of anilines is 1. The number of aromatic nitrogens is 3. The molecule has 0 aliphatic carbocycles. The maximum atomic E-state index is 13.3. The molecule has 0 bridgehead atoms. The highest BCUT2D eigenvalue weighted by Gasteiger charge is 2.36. The standard InChI is InChI=1S/C17H14F4N4O2/c1-9-15-12(17(19,20)21)7-14(27)25(16(15)24(2)23-9)8-13(26)22-11-5-3-4-10(18)6-11/h3-7H,8H2,1-2H3,(H,22,26). The van der Waals surface area contributed by atoms with Crippen molar-refractivity contribution in [2.75, 3.05) is 5.32 Å². The molecule has 0 unspecified atom stereocenters. The van der Waals surface area contributed by atoms with Crippen molar-refractivity contribution in [3.05, 3.63) is 57.8 Å². The van der Waals surface area contributed by atoms with Crippen molar-refractivity contribution in [3.63, 3.8) is 0 Å². The Morgan fingerprint density at radius 2 is 1.96 bits per heavy atom. The fourth-order valence-corrected chi connectivity index (χ4v) is 2.94. The molecule has 3 aromatic rings. The molecule has 2 heterocycles. The summed E-state index contributed by atoms with van der Waals surface area (Å²) in [5.74, 6) is -1.26. The van der Waals surface area contributed by atoms with Crippen LogP contribution in [0.3, 0.4) is 0 Å². The van der Waals surface area contributed by atoms with E-state index in [0.717, 1.165) is 15.3 Å². The van der Waals surface area contributed by atoms with Crippen LogP contribution in [0.15, 0.2) is 35.1 Å². The fraction of sp³-hybridized carbons (Fsp3) is 0.235. The Bertz CT molecular complexity index is 1100. The van der Waals surface area contributed by atoms with Crippen LogP contribution in [0.5, 0.6) is 0 Å². The van der Waals surface area contributed by atoms with Crippen molar-refractivity contribution >= 4 is 22.6 Å². The number of nitrogens with one attached hydrogen (secondary N) is 1. The van der Waals surface area contributed by atoms with Gasteiger partial charge in [0.25, 0.3) is 5.56 Å². The number of fused-ring (bicyclic) bond motifs is 1. The van der Waals surface area contributed by atoms with Gasteiger partial charge in [-0.1, -0.05) is 6.07 Å².